The minimum absolute atomic E-state index is 0.00952. The molecular formula is C47H36Cl5F9N6O3. The van der Waals surface area contributed by atoms with E-state index in [-0.39, 0.29) is 98.5 Å². The standard InChI is InChI=1S/C17H15Cl2F3N2O2.C17H15Cl2F3N2O.C13H6ClF3N2/c1-9(2)26-8-16(17(20,21)22)12-5-10(18)3-4-14(12)23-15-13(16)6-11(19)7-24(15)25;1-9(2)25-8-16(17(20,21)22)12-5-10(18)3-4-14(12)24-15-13(16)6-11(19)7-23-15;14-7-3-4-10-9(6-7)11(13(15,16)17)8-2-1-5-18-12(8)19-10/h3-7,9,25H,8H2,1-2H3;3-7,9H,8H2,1-2H3,(H,23,24);1-6H. The number of amidine groups is 1. The number of ether oxygens (including phenoxy) is 2. The first-order chi connectivity index (χ1) is 32.7. The Morgan fingerprint density at radius 1 is 0.686 bits per heavy atom. The highest BCUT2D eigenvalue weighted by Gasteiger charge is 2.63. The predicted octanol–water partition coefficient (Wildman–Crippen LogP) is 15.5. The second-order valence-electron chi connectivity index (χ2n) is 16.4. The molecule has 2 unspecified atom stereocenters. The molecule has 2 atom stereocenters. The summed E-state index contributed by atoms with van der Waals surface area (Å²) in [6, 6.07) is 16.7. The minimum atomic E-state index is -4.76. The molecule has 9 rings (SSSR count). The molecule has 0 saturated carbocycles. The Kier molecular flexibility index (Phi) is 15.1. The second kappa shape index (κ2) is 19.9. The van der Waals surface area contributed by atoms with Crippen LogP contribution < -0.4 is 5.32 Å². The predicted molar refractivity (Wildman–Crippen MR) is 252 cm³/mol. The molecule has 0 radical (unpaired) electrons. The van der Waals surface area contributed by atoms with Crippen LogP contribution in [-0.4, -0.2) is 68.8 Å². The topological polar surface area (TPSA) is 105 Å². The minimum Gasteiger partial charge on any atom is -0.377 e. The number of nitrogens with zero attached hydrogens (tertiary/aromatic N) is 5. The van der Waals surface area contributed by atoms with E-state index >= 15 is 0 Å². The average molecular weight is 1080 g/mol. The van der Waals surface area contributed by atoms with E-state index in [9.17, 15) is 44.7 Å². The van der Waals surface area contributed by atoms with Crippen molar-refractivity contribution in [2.45, 2.75) is 69.3 Å². The van der Waals surface area contributed by atoms with Crippen LogP contribution in [0.3, 0.4) is 0 Å². The Bertz CT molecular complexity index is 3020. The summed E-state index contributed by atoms with van der Waals surface area (Å²) in [7, 11) is 0. The van der Waals surface area contributed by atoms with Crippen molar-refractivity contribution >= 4 is 103 Å². The van der Waals surface area contributed by atoms with Gasteiger partial charge in [0, 0.05) is 60.6 Å². The third-order valence-corrected chi connectivity index (χ3v) is 12.2. The summed E-state index contributed by atoms with van der Waals surface area (Å²) < 4.78 is 138. The number of rotatable bonds is 6. The van der Waals surface area contributed by atoms with Gasteiger partial charge in [0.25, 0.3) is 0 Å². The molecule has 2 N–H and O–H groups in total. The van der Waals surface area contributed by atoms with Gasteiger partial charge in [0.1, 0.15) is 16.6 Å². The summed E-state index contributed by atoms with van der Waals surface area (Å²) in [6.07, 6.45) is -9.78. The number of benzene rings is 3. The number of fused-ring (bicyclic) bond motifs is 6. The quantitative estimate of drug-likeness (QED) is 0.126. The molecule has 0 aliphatic carbocycles. The molecule has 3 aromatic heterocycles. The largest absolute Gasteiger partial charge is 0.417 e. The van der Waals surface area contributed by atoms with E-state index in [0.717, 1.165) is 12.3 Å². The van der Waals surface area contributed by atoms with Gasteiger partial charge in [-0.2, -0.15) is 39.5 Å². The molecule has 3 aromatic carbocycles. The number of alkyl halides is 9. The first-order valence-corrected chi connectivity index (χ1v) is 22.5. The van der Waals surface area contributed by atoms with Crippen molar-refractivity contribution in [3.63, 3.8) is 0 Å². The Hall–Kier alpha value is -4.92. The third-order valence-electron chi connectivity index (χ3n) is 11.1. The summed E-state index contributed by atoms with van der Waals surface area (Å²) in [5, 5.41) is 14.1. The van der Waals surface area contributed by atoms with Gasteiger partial charge < -0.3 is 14.8 Å². The van der Waals surface area contributed by atoms with Gasteiger partial charge in [0.2, 0.25) is 0 Å². The fourth-order valence-electron chi connectivity index (χ4n) is 8.01. The number of hydroxylamine groups is 2. The van der Waals surface area contributed by atoms with Gasteiger partial charge in [0.15, 0.2) is 11.5 Å². The van der Waals surface area contributed by atoms with Crippen molar-refractivity contribution in [3.8, 4) is 0 Å². The van der Waals surface area contributed by atoms with E-state index in [1.54, 1.807) is 27.7 Å². The molecular weight excluding hydrogens is 1040 g/mol. The zero-order valence-electron chi connectivity index (χ0n) is 36.6. The fourth-order valence-corrected chi connectivity index (χ4v) is 8.89. The molecule has 370 valence electrons. The number of hydrogen-bond acceptors (Lipinski definition) is 9. The monoisotopic (exact) mass is 1080 g/mol. The smallest absolute Gasteiger partial charge is 0.377 e. The maximum Gasteiger partial charge on any atom is 0.417 e. The maximum atomic E-state index is 14.5. The highest BCUT2D eigenvalue weighted by Crippen LogP contribution is 2.56. The number of allylic oxidation sites excluding steroid dienone is 2. The van der Waals surface area contributed by atoms with E-state index < -0.39 is 54.2 Å². The average Bonchev–Trinajstić information content (AvgIpc) is 3.25. The van der Waals surface area contributed by atoms with Crippen LogP contribution in [0.2, 0.25) is 20.1 Å². The lowest BCUT2D eigenvalue weighted by atomic mass is 9.70. The molecule has 9 nitrogen and oxygen atoms in total. The van der Waals surface area contributed by atoms with Gasteiger partial charge in [-0.1, -0.05) is 58.0 Å². The highest BCUT2D eigenvalue weighted by molar-refractivity contribution is 6.33. The van der Waals surface area contributed by atoms with Crippen LogP contribution in [-0.2, 0) is 26.5 Å². The molecule has 70 heavy (non-hydrogen) atoms. The van der Waals surface area contributed by atoms with Crippen LogP contribution in [0.25, 0.3) is 21.9 Å². The molecule has 0 saturated heterocycles. The number of pyridine rings is 3. The Labute approximate surface area is 418 Å². The van der Waals surface area contributed by atoms with Crippen LogP contribution in [0.5, 0.6) is 0 Å². The fraction of sp³-hybridized carbons (Fsp3) is 0.277. The van der Waals surface area contributed by atoms with Gasteiger partial charge in [-0.05, 0) is 112 Å². The van der Waals surface area contributed by atoms with Gasteiger partial charge in [-0.3, -0.25) is 5.21 Å². The Morgan fingerprint density at radius 2 is 1.27 bits per heavy atom. The van der Waals surface area contributed by atoms with E-state index in [2.05, 4.69) is 25.3 Å². The first-order valence-electron chi connectivity index (χ1n) is 20.7. The number of hydrogen-bond donors (Lipinski definition) is 2. The van der Waals surface area contributed by atoms with Gasteiger partial charge in [0.05, 0.1) is 58.4 Å². The van der Waals surface area contributed by atoms with Gasteiger partial charge >= 0.3 is 18.5 Å². The highest BCUT2D eigenvalue weighted by atomic mass is 35.5. The van der Waals surface area contributed by atoms with Crippen molar-refractivity contribution in [2.75, 3.05) is 18.5 Å². The maximum absolute atomic E-state index is 14.5. The van der Waals surface area contributed by atoms with E-state index in [0.29, 0.717) is 5.06 Å². The summed E-state index contributed by atoms with van der Waals surface area (Å²) >= 11 is 29.6. The molecule has 0 spiro atoms. The number of halogens is 14. The lowest BCUT2D eigenvalue weighted by molar-refractivity contribution is -0.196. The first kappa shape index (κ1) is 52.9. The van der Waals surface area contributed by atoms with Gasteiger partial charge in [-0.25, -0.2) is 25.0 Å². The SMILES string of the molecule is CC(C)OCC1(C(F)(F)F)C2=CC(Cl)=CN(O)C2=Nc2ccc(Cl)cc21.CC(C)OCC1(C(F)(F)F)c2cc(Cl)ccc2Nc2ncc(Cl)cc21.FC(F)(F)c1c2cc(Cl)ccc2nc2ncccc12. The molecule has 6 heterocycles. The van der Waals surface area contributed by atoms with Gasteiger partial charge in [-0.15, -0.1) is 0 Å². The summed E-state index contributed by atoms with van der Waals surface area (Å²) in [6.45, 7) is 5.34. The van der Waals surface area contributed by atoms with Crippen LogP contribution in [0.4, 0.5) is 56.7 Å². The summed E-state index contributed by atoms with van der Waals surface area (Å²) in [4.78, 5) is 16.2. The molecule has 23 heteroatoms. The van der Waals surface area contributed by atoms with Crippen molar-refractivity contribution in [1.82, 2.24) is 20.0 Å². The number of anilines is 2. The van der Waals surface area contributed by atoms with E-state index in [1.165, 1.54) is 85.2 Å². The van der Waals surface area contributed by atoms with E-state index in [1.807, 2.05) is 0 Å². The molecule has 3 aliphatic heterocycles. The molecule has 0 fully saturated rings. The lowest BCUT2D eigenvalue weighted by Gasteiger charge is -2.43. The third kappa shape index (κ3) is 10.2. The Morgan fingerprint density at radius 3 is 1.90 bits per heavy atom. The van der Waals surface area contributed by atoms with Crippen LogP contribution in [0, 0.1) is 0 Å². The van der Waals surface area contributed by atoms with Crippen LogP contribution in [0.15, 0.2) is 113 Å². The summed E-state index contributed by atoms with van der Waals surface area (Å²) in [5.74, 6) is -0.155. The van der Waals surface area contributed by atoms with Crippen molar-refractivity contribution in [1.29, 1.82) is 0 Å². The van der Waals surface area contributed by atoms with Crippen LogP contribution >= 0.6 is 58.0 Å². The van der Waals surface area contributed by atoms with Crippen LogP contribution in [0.1, 0.15) is 49.9 Å². The molecule has 3 aliphatic rings. The zero-order chi connectivity index (χ0) is 51.3. The molecule has 0 bridgehead atoms. The van der Waals surface area contributed by atoms with E-state index in [4.69, 9.17) is 67.5 Å². The molecule has 0 amide bonds. The van der Waals surface area contributed by atoms with Crippen molar-refractivity contribution in [2.24, 2.45) is 4.99 Å². The zero-order valence-corrected chi connectivity index (χ0v) is 40.4. The number of aromatic nitrogens is 3. The summed E-state index contributed by atoms with van der Waals surface area (Å²) in [5.41, 5.74) is -5.64. The van der Waals surface area contributed by atoms with Crippen molar-refractivity contribution in [3.05, 3.63) is 150 Å². The number of nitrogens with one attached hydrogen (secondary N) is 1. The lowest BCUT2D eigenvalue weighted by Crippen LogP contribution is -2.53. The van der Waals surface area contributed by atoms with Crippen molar-refractivity contribution < 1.29 is 54.2 Å². The molecule has 6 aromatic rings. The Balaban J connectivity index is 0.000000157. The normalized spacial score (nSPS) is 18.6. The second-order valence-corrected chi connectivity index (χ2v) is 18.6. The number of aliphatic imine (C=N–C) groups is 1.